The summed E-state index contributed by atoms with van der Waals surface area (Å²) in [5.41, 5.74) is 0.907. The second kappa shape index (κ2) is 8.98. The molecule has 0 aromatic carbocycles. The monoisotopic (exact) mass is 388 g/mol. The van der Waals surface area contributed by atoms with Crippen LogP contribution in [-0.4, -0.2) is 44.5 Å². The summed E-state index contributed by atoms with van der Waals surface area (Å²) in [5, 5.41) is 14.1. The Morgan fingerprint density at radius 1 is 1.30 bits per heavy atom. The number of thioether (sulfide) groups is 1. The van der Waals surface area contributed by atoms with Crippen LogP contribution in [0.4, 0.5) is 4.79 Å². The first-order chi connectivity index (χ1) is 13.1. The molecule has 1 fully saturated rings. The standard InChI is InChI=1S/C18H24N6O2S/c1-12-6-3-4-8-14(12)24-16(13-7-5-9-20-10-13)22-23-18(24)27-11-15(25)21-17(26)19-2/h5,7,9-10,12,14H,3-4,6,8,11H2,1-2H3,(H2,19,21,25,26)/t12-,14+/m0/s1. The summed E-state index contributed by atoms with van der Waals surface area (Å²) in [6.07, 6.45) is 8.13. The number of nitrogens with zero attached hydrogens (tertiary/aromatic N) is 4. The molecule has 2 aromatic heterocycles. The number of nitrogens with one attached hydrogen (secondary N) is 2. The van der Waals surface area contributed by atoms with Crippen LogP contribution in [0, 0.1) is 5.92 Å². The Morgan fingerprint density at radius 3 is 2.81 bits per heavy atom. The van der Waals surface area contributed by atoms with Gasteiger partial charge in [0, 0.05) is 31.0 Å². The molecule has 2 atom stereocenters. The summed E-state index contributed by atoms with van der Waals surface area (Å²) in [7, 11) is 1.47. The molecule has 0 radical (unpaired) electrons. The van der Waals surface area contributed by atoms with Gasteiger partial charge in [-0.25, -0.2) is 4.79 Å². The van der Waals surface area contributed by atoms with Crippen molar-refractivity contribution in [2.75, 3.05) is 12.8 Å². The van der Waals surface area contributed by atoms with E-state index in [0.29, 0.717) is 11.1 Å². The van der Waals surface area contributed by atoms with Gasteiger partial charge in [0.25, 0.3) is 0 Å². The number of imide groups is 1. The topological polar surface area (TPSA) is 102 Å². The maximum Gasteiger partial charge on any atom is 0.321 e. The fourth-order valence-corrected chi connectivity index (χ4v) is 4.19. The van der Waals surface area contributed by atoms with E-state index < -0.39 is 6.03 Å². The summed E-state index contributed by atoms with van der Waals surface area (Å²) < 4.78 is 2.15. The van der Waals surface area contributed by atoms with Crippen molar-refractivity contribution in [1.82, 2.24) is 30.4 Å². The van der Waals surface area contributed by atoms with Crippen molar-refractivity contribution < 1.29 is 9.59 Å². The van der Waals surface area contributed by atoms with E-state index in [9.17, 15) is 9.59 Å². The van der Waals surface area contributed by atoms with E-state index >= 15 is 0 Å². The highest BCUT2D eigenvalue weighted by atomic mass is 32.2. The number of carbonyl (C=O) groups excluding carboxylic acids is 2. The van der Waals surface area contributed by atoms with E-state index in [1.165, 1.54) is 31.7 Å². The third-order valence-electron chi connectivity index (χ3n) is 4.79. The predicted octanol–water partition coefficient (Wildman–Crippen LogP) is 2.64. The zero-order valence-electron chi connectivity index (χ0n) is 15.5. The molecule has 0 unspecified atom stereocenters. The molecule has 144 valence electrons. The predicted molar refractivity (Wildman–Crippen MR) is 103 cm³/mol. The van der Waals surface area contributed by atoms with Gasteiger partial charge in [0.15, 0.2) is 11.0 Å². The molecule has 1 aliphatic carbocycles. The van der Waals surface area contributed by atoms with Crippen LogP contribution in [0.3, 0.4) is 0 Å². The summed E-state index contributed by atoms with van der Waals surface area (Å²) in [6, 6.07) is 3.61. The summed E-state index contributed by atoms with van der Waals surface area (Å²) in [4.78, 5) is 27.4. The lowest BCUT2D eigenvalue weighted by Crippen LogP contribution is -2.38. The first-order valence-corrected chi connectivity index (χ1v) is 10.1. The molecule has 0 spiro atoms. The summed E-state index contributed by atoms with van der Waals surface area (Å²) in [6.45, 7) is 2.25. The van der Waals surface area contributed by atoms with Gasteiger partial charge in [-0.3, -0.25) is 19.7 Å². The molecular weight excluding hydrogens is 364 g/mol. The number of rotatable bonds is 5. The van der Waals surface area contributed by atoms with Gasteiger partial charge in [-0.1, -0.05) is 31.5 Å². The van der Waals surface area contributed by atoms with Crippen molar-refractivity contribution in [3.63, 3.8) is 0 Å². The molecule has 3 amide bonds. The van der Waals surface area contributed by atoms with Gasteiger partial charge in [-0.2, -0.15) is 0 Å². The fourth-order valence-electron chi connectivity index (χ4n) is 3.40. The third kappa shape index (κ3) is 4.65. The molecule has 1 aliphatic rings. The molecule has 8 nitrogen and oxygen atoms in total. The Kier molecular flexibility index (Phi) is 6.44. The van der Waals surface area contributed by atoms with E-state index in [2.05, 4.69) is 37.3 Å². The smallest absolute Gasteiger partial charge is 0.321 e. The number of urea groups is 1. The second-order valence-electron chi connectivity index (χ2n) is 6.66. The number of hydrogen-bond donors (Lipinski definition) is 2. The maximum atomic E-state index is 12.0. The number of aromatic nitrogens is 4. The summed E-state index contributed by atoms with van der Waals surface area (Å²) >= 11 is 1.30. The van der Waals surface area contributed by atoms with Crippen molar-refractivity contribution in [2.24, 2.45) is 5.92 Å². The van der Waals surface area contributed by atoms with Crippen LogP contribution in [-0.2, 0) is 4.79 Å². The Morgan fingerprint density at radius 2 is 2.11 bits per heavy atom. The van der Waals surface area contributed by atoms with Crippen molar-refractivity contribution in [1.29, 1.82) is 0 Å². The molecule has 2 N–H and O–H groups in total. The number of pyridine rings is 1. The Bertz CT molecular complexity index is 794. The number of amides is 3. The molecule has 0 bridgehead atoms. The highest BCUT2D eigenvalue weighted by molar-refractivity contribution is 7.99. The highest BCUT2D eigenvalue weighted by Gasteiger charge is 2.29. The molecule has 27 heavy (non-hydrogen) atoms. The zero-order chi connectivity index (χ0) is 19.2. The molecule has 2 aromatic rings. The minimum atomic E-state index is -0.515. The Hall–Kier alpha value is -2.42. The normalized spacial score (nSPS) is 19.5. The Balaban J connectivity index is 1.86. The minimum absolute atomic E-state index is 0.0969. The van der Waals surface area contributed by atoms with Gasteiger partial charge >= 0.3 is 6.03 Å². The zero-order valence-corrected chi connectivity index (χ0v) is 16.3. The average molecular weight is 388 g/mol. The van der Waals surface area contributed by atoms with Gasteiger partial charge < -0.3 is 5.32 Å². The summed E-state index contributed by atoms with van der Waals surface area (Å²) in [5.74, 6) is 1.01. The van der Waals surface area contributed by atoms with Crippen molar-refractivity contribution >= 4 is 23.7 Å². The van der Waals surface area contributed by atoms with Crippen LogP contribution in [0.1, 0.15) is 38.6 Å². The second-order valence-corrected chi connectivity index (χ2v) is 7.61. The quantitative estimate of drug-likeness (QED) is 0.764. The van der Waals surface area contributed by atoms with Crippen molar-refractivity contribution in [3.05, 3.63) is 24.5 Å². The molecule has 3 rings (SSSR count). The van der Waals surface area contributed by atoms with Gasteiger partial charge in [-0.15, -0.1) is 10.2 Å². The van der Waals surface area contributed by atoms with E-state index in [0.717, 1.165) is 24.2 Å². The van der Waals surface area contributed by atoms with Crippen LogP contribution in [0.2, 0.25) is 0 Å². The molecule has 9 heteroatoms. The van der Waals surface area contributed by atoms with Gasteiger partial charge in [0.2, 0.25) is 5.91 Å². The van der Waals surface area contributed by atoms with Crippen molar-refractivity contribution in [2.45, 2.75) is 43.8 Å². The molecule has 1 saturated carbocycles. The van der Waals surface area contributed by atoms with Crippen LogP contribution in [0.5, 0.6) is 0 Å². The third-order valence-corrected chi connectivity index (χ3v) is 5.74. The molecule has 0 saturated heterocycles. The van der Waals surface area contributed by atoms with E-state index in [1.54, 1.807) is 12.4 Å². The van der Waals surface area contributed by atoms with E-state index in [1.807, 2.05) is 12.1 Å². The SMILES string of the molecule is CNC(=O)NC(=O)CSc1nnc(-c2cccnc2)n1[C@@H]1CCCC[C@@H]1C. The minimum Gasteiger partial charge on any atom is -0.341 e. The van der Waals surface area contributed by atoms with E-state index in [-0.39, 0.29) is 17.7 Å². The van der Waals surface area contributed by atoms with Crippen LogP contribution in [0.25, 0.3) is 11.4 Å². The van der Waals surface area contributed by atoms with Gasteiger partial charge in [-0.05, 0) is 30.9 Å². The van der Waals surface area contributed by atoms with Crippen LogP contribution < -0.4 is 10.6 Å². The fraction of sp³-hybridized carbons (Fsp3) is 0.500. The molecular formula is C18H24N6O2S. The maximum absolute atomic E-state index is 12.0. The number of hydrogen-bond acceptors (Lipinski definition) is 6. The van der Waals surface area contributed by atoms with Crippen LogP contribution in [0.15, 0.2) is 29.7 Å². The molecule has 0 aliphatic heterocycles. The van der Waals surface area contributed by atoms with Crippen molar-refractivity contribution in [3.8, 4) is 11.4 Å². The average Bonchev–Trinajstić information content (AvgIpc) is 3.11. The molecule has 2 heterocycles. The van der Waals surface area contributed by atoms with Crippen LogP contribution >= 0.6 is 11.8 Å². The first-order valence-electron chi connectivity index (χ1n) is 9.09. The Labute approximate surface area is 162 Å². The number of carbonyl (C=O) groups is 2. The van der Waals surface area contributed by atoms with Gasteiger partial charge in [0.1, 0.15) is 0 Å². The lowest BCUT2D eigenvalue weighted by Gasteiger charge is -2.31. The first kappa shape index (κ1) is 19.3. The van der Waals surface area contributed by atoms with E-state index in [4.69, 9.17) is 0 Å². The highest BCUT2D eigenvalue weighted by Crippen LogP contribution is 2.38. The lowest BCUT2D eigenvalue weighted by atomic mass is 9.85. The lowest BCUT2D eigenvalue weighted by molar-refractivity contribution is -0.117. The van der Waals surface area contributed by atoms with Gasteiger partial charge in [0.05, 0.1) is 5.75 Å². The largest absolute Gasteiger partial charge is 0.341 e.